The van der Waals surface area contributed by atoms with Crippen molar-refractivity contribution < 1.29 is 9.63 Å². The summed E-state index contributed by atoms with van der Waals surface area (Å²) in [6.07, 6.45) is 4.10. The molecule has 0 aromatic carbocycles. The number of nitrogens with one attached hydrogen (secondary N) is 1. The Morgan fingerprint density at radius 1 is 1.44 bits per heavy atom. The molecular weight excluding hydrogens is 206 g/mol. The van der Waals surface area contributed by atoms with Gasteiger partial charge in [-0.25, -0.2) is 0 Å². The van der Waals surface area contributed by atoms with Crippen LogP contribution in [0.4, 0.5) is 0 Å². The van der Waals surface area contributed by atoms with Gasteiger partial charge in [0.15, 0.2) is 6.33 Å². The summed E-state index contributed by atoms with van der Waals surface area (Å²) in [5, 5.41) is 16.3. The molecule has 0 aliphatic rings. The normalized spacial score (nSPS) is 11.9. The minimum Gasteiger partial charge on any atom is -0.396 e. The maximum Gasteiger partial charge on any atom is 0.227 e. The summed E-state index contributed by atoms with van der Waals surface area (Å²) >= 11 is 0. The Balaban J connectivity index is 2.23. The predicted molar refractivity (Wildman–Crippen MR) is 61.0 cm³/mol. The zero-order valence-corrected chi connectivity index (χ0v) is 10.1. The average molecular weight is 227 g/mol. The smallest absolute Gasteiger partial charge is 0.227 e. The van der Waals surface area contributed by atoms with Crippen LogP contribution in [0.1, 0.15) is 32.6 Å². The van der Waals surface area contributed by atoms with Gasteiger partial charge in [0.2, 0.25) is 5.89 Å². The lowest BCUT2D eigenvalue weighted by Crippen LogP contribution is -2.37. The molecule has 0 saturated carbocycles. The molecule has 5 heteroatoms. The molecule has 0 unspecified atom stereocenters. The number of aliphatic hydroxyl groups excluding tert-OH is 1. The zero-order valence-electron chi connectivity index (χ0n) is 10.1. The van der Waals surface area contributed by atoms with E-state index in [-0.39, 0.29) is 12.0 Å². The topological polar surface area (TPSA) is 71.2 Å². The molecule has 1 aromatic rings. The first-order valence-electron chi connectivity index (χ1n) is 5.83. The van der Waals surface area contributed by atoms with Gasteiger partial charge in [-0.15, -0.1) is 0 Å². The zero-order chi connectivity index (χ0) is 11.9. The molecule has 0 aliphatic heterocycles. The Labute approximate surface area is 96.2 Å². The van der Waals surface area contributed by atoms with Crippen molar-refractivity contribution in [3.05, 3.63) is 12.2 Å². The van der Waals surface area contributed by atoms with E-state index < -0.39 is 0 Å². The van der Waals surface area contributed by atoms with Gasteiger partial charge in [0, 0.05) is 31.5 Å². The van der Waals surface area contributed by atoms with Crippen molar-refractivity contribution >= 4 is 0 Å². The van der Waals surface area contributed by atoms with Crippen LogP contribution in [-0.4, -0.2) is 34.9 Å². The van der Waals surface area contributed by atoms with Gasteiger partial charge in [0.05, 0.1) is 0 Å². The average Bonchev–Trinajstić information content (AvgIpc) is 2.83. The van der Waals surface area contributed by atoms with Crippen LogP contribution in [0.5, 0.6) is 0 Å². The molecule has 1 aromatic heterocycles. The fourth-order valence-electron chi connectivity index (χ4n) is 1.63. The Hall–Kier alpha value is -0.940. The van der Waals surface area contributed by atoms with Gasteiger partial charge < -0.3 is 14.9 Å². The molecule has 2 N–H and O–H groups in total. The maximum atomic E-state index is 9.38. The first-order chi connectivity index (χ1) is 7.76. The fraction of sp³-hybridized carbons (Fsp3) is 0.818. The lowest BCUT2D eigenvalue weighted by atomic mass is 9.83. The van der Waals surface area contributed by atoms with E-state index in [9.17, 15) is 5.11 Å². The molecule has 0 bridgehead atoms. The molecular formula is C11H21N3O2. The first kappa shape index (κ1) is 13.1. The molecule has 0 saturated heterocycles. The standard InChI is InChI=1S/C11H21N3O2/c1-3-11(4-2,8-15)7-12-6-5-10-13-9-14-16-10/h9,12,15H,3-8H2,1-2H3. The Kier molecular flexibility index (Phi) is 5.42. The third kappa shape index (κ3) is 3.57. The van der Waals surface area contributed by atoms with Crippen LogP contribution in [0.15, 0.2) is 10.9 Å². The van der Waals surface area contributed by atoms with Crippen molar-refractivity contribution in [1.82, 2.24) is 15.5 Å². The highest BCUT2D eigenvalue weighted by Crippen LogP contribution is 2.24. The molecule has 0 amide bonds. The Bertz CT molecular complexity index is 263. The second-order valence-electron chi connectivity index (χ2n) is 4.13. The minimum absolute atomic E-state index is 0.00877. The van der Waals surface area contributed by atoms with Gasteiger partial charge in [-0.1, -0.05) is 19.0 Å². The van der Waals surface area contributed by atoms with Crippen molar-refractivity contribution in [2.75, 3.05) is 19.7 Å². The summed E-state index contributed by atoms with van der Waals surface area (Å²) in [6, 6.07) is 0. The summed E-state index contributed by atoms with van der Waals surface area (Å²) in [5.41, 5.74) is 0.00877. The largest absolute Gasteiger partial charge is 0.396 e. The number of aromatic nitrogens is 2. The van der Waals surface area contributed by atoms with Crippen LogP contribution < -0.4 is 5.32 Å². The third-order valence-electron chi connectivity index (χ3n) is 3.26. The predicted octanol–water partition coefficient (Wildman–Crippen LogP) is 1.00. The highest BCUT2D eigenvalue weighted by Gasteiger charge is 2.24. The van der Waals surface area contributed by atoms with Crippen LogP contribution in [0.25, 0.3) is 0 Å². The number of hydrogen-bond donors (Lipinski definition) is 2. The summed E-state index contributed by atoms with van der Waals surface area (Å²) in [7, 11) is 0. The van der Waals surface area contributed by atoms with Crippen LogP contribution in [0.3, 0.4) is 0 Å². The van der Waals surface area contributed by atoms with Gasteiger partial charge >= 0.3 is 0 Å². The second kappa shape index (κ2) is 6.60. The van der Waals surface area contributed by atoms with Gasteiger partial charge in [-0.2, -0.15) is 4.98 Å². The second-order valence-corrected chi connectivity index (χ2v) is 4.13. The maximum absolute atomic E-state index is 9.38. The molecule has 0 atom stereocenters. The van der Waals surface area contributed by atoms with Crippen molar-refractivity contribution in [2.45, 2.75) is 33.1 Å². The highest BCUT2D eigenvalue weighted by atomic mass is 16.5. The van der Waals surface area contributed by atoms with E-state index in [1.54, 1.807) is 0 Å². The lowest BCUT2D eigenvalue weighted by molar-refractivity contribution is 0.113. The van der Waals surface area contributed by atoms with E-state index in [0.29, 0.717) is 5.89 Å². The lowest BCUT2D eigenvalue weighted by Gasteiger charge is -2.29. The summed E-state index contributed by atoms with van der Waals surface area (Å²) in [4.78, 5) is 3.94. The number of rotatable bonds is 8. The molecule has 1 rings (SSSR count). The number of nitrogens with zero attached hydrogens (tertiary/aromatic N) is 2. The highest BCUT2D eigenvalue weighted by molar-refractivity contribution is 4.80. The Morgan fingerprint density at radius 2 is 2.19 bits per heavy atom. The van der Waals surface area contributed by atoms with Gasteiger partial charge in [0.1, 0.15) is 0 Å². The van der Waals surface area contributed by atoms with E-state index in [4.69, 9.17) is 4.52 Å². The molecule has 0 radical (unpaired) electrons. The van der Waals surface area contributed by atoms with Gasteiger partial charge in [0.25, 0.3) is 0 Å². The molecule has 0 spiro atoms. The van der Waals surface area contributed by atoms with E-state index in [1.807, 2.05) is 0 Å². The molecule has 92 valence electrons. The number of hydrogen-bond acceptors (Lipinski definition) is 5. The quantitative estimate of drug-likeness (QED) is 0.648. The van der Waals surface area contributed by atoms with Crippen molar-refractivity contribution in [3.8, 4) is 0 Å². The van der Waals surface area contributed by atoms with Gasteiger partial charge in [-0.05, 0) is 12.8 Å². The van der Waals surface area contributed by atoms with E-state index in [0.717, 1.165) is 32.4 Å². The van der Waals surface area contributed by atoms with Crippen LogP contribution in [0.2, 0.25) is 0 Å². The van der Waals surface area contributed by atoms with Crippen LogP contribution >= 0.6 is 0 Å². The summed E-state index contributed by atoms with van der Waals surface area (Å²) in [6.45, 7) is 6.07. The SMILES string of the molecule is CCC(CC)(CO)CNCCc1ncno1. The third-order valence-corrected chi connectivity index (χ3v) is 3.26. The fourth-order valence-corrected chi connectivity index (χ4v) is 1.63. The van der Waals surface area contributed by atoms with Crippen LogP contribution in [-0.2, 0) is 6.42 Å². The molecule has 0 fully saturated rings. The summed E-state index contributed by atoms with van der Waals surface area (Å²) < 4.78 is 4.89. The molecule has 0 aliphatic carbocycles. The first-order valence-corrected chi connectivity index (χ1v) is 5.83. The van der Waals surface area contributed by atoms with Crippen LogP contribution in [0, 0.1) is 5.41 Å². The van der Waals surface area contributed by atoms with Crippen molar-refractivity contribution in [2.24, 2.45) is 5.41 Å². The molecule has 16 heavy (non-hydrogen) atoms. The summed E-state index contributed by atoms with van der Waals surface area (Å²) in [5.74, 6) is 0.648. The van der Waals surface area contributed by atoms with E-state index in [2.05, 4.69) is 29.3 Å². The number of aliphatic hydroxyl groups is 1. The monoisotopic (exact) mass is 227 g/mol. The van der Waals surface area contributed by atoms with Gasteiger partial charge in [-0.3, -0.25) is 0 Å². The Morgan fingerprint density at radius 3 is 2.69 bits per heavy atom. The van der Waals surface area contributed by atoms with Crippen molar-refractivity contribution in [3.63, 3.8) is 0 Å². The van der Waals surface area contributed by atoms with Crippen molar-refractivity contribution in [1.29, 1.82) is 0 Å². The van der Waals surface area contributed by atoms with E-state index >= 15 is 0 Å². The van der Waals surface area contributed by atoms with E-state index in [1.165, 1.54) is 6.33 Å². The molecule has 1 heterocycles. The molecule has 5 nitrogen and oxygen atoms in total. The minimum atomic E-state index is 0.00877.